The van der Waals surface area contributed by atoms with Crippen molar-refractivity contribution in [2.45, 2.75) is 110 Å². The number of halogens is 5. The summed E-state index contributed by atoms with van der Waals surface area (Å²) in [5, 5.41) is 0. The van der Waals surface area contributed by atoms with Crippen molar-refractivity contribution in [1.29, 1.82) is 0 Å². The van der Waals surface area contributed by atoms with Crippen molar-refractivity contribution in [3.63, 3.8) is 0 Å². The molecule has 4 rings (SSSR count). The second kappa shape index (κ2) is 12.5. The number of Topliss-reactive ketones (excluding diaryl/α,β-unsaturated/α-hetero) is 3. The molecule has 4 saturated carbocycles. The fraction of sp³-hybridized carbons (Fsp3) is 0.839. The van der Waals surface area contributed by atoms with Gasteiger partial charge in [0.1, 0.15) is 17.3 Å². The lowest BCUT2D eigenvalue weighted by Gasteiger charge is -2.58. The lowest BCUT2D eigenvalue weighted by Crippen LogP contribution is -2.60. The van der Waals surface area contributed by atoms with Gasteiger partial charge < -0.3 is 9.47 Å². The molecular weight excluding hydrogens is 579 g/mol. The van der Waals surface area contributed by atoms with Crippen LogP contribution in [-0.4, -0.2) is 54.6 Å². The van der Waals surface area contributed by atoms with E-state index in [9.17, 15) is 45.9 Å². The molecule has 0 radical (unpaired) electrons. The lowest BCUT2D eigenvalue weighted by atomic mass is 9.44. The SMILES string of the molecule is CC(CCC(=O)OCCCC(=O)OC(C(F)F)C(F)(F)F)[C@H]1CC[C@H]2[C@@H]3C(=O)C[C@@H]4CC(=O)CC[C@]4(C)[C@H]3CC(=O)[C@]12C. The molecule has 0 aliphatic heterocycles. The Hall–Kier alpha value is -2.40. The first kappa shape index (κ1) is 33.5. The van der Waals surface area contributed by atoms with Gasteiger partial charge in [-0.1, -0.05) is 20.8 Å². The number of alkyl halides is 5. The Labute approximate surface area is 248 Å². The van der Waals surface area contributed by atoms with E-state index in [2.05, 4.69) is 11.7 Å². The fourth-order valence-corrected chi connectivity index (χ4v) is 8.87. The van der Waals surface area contributed by atoms with Crippen LogP contribution in [0.15, 0.2) is 0 Å². The van der Waals surface area contributed by atoms with Crippen LogP contribution in [0, 0.1) is 46.3 Å². The molecule has 9 atom stereocenters. The van der Waals surface area contributed by atoms with E-state index in [1.54, 1.807) is 0 Å². The van der Waals surface area contributed by atoms with E-state index in [4.69, 9.17) is 4.74 Å². The van der Waals surface area contributed by atoms with Gasteiger partial charge in [0.15, 0.2) is 0 Å². The predicted octanol–water partition coefficient (Wildman–Crippen LogP) is 6.05. The first-order chi connectivity index (χ1) is 20.0. The van der Waals surface area contributed by atoms with Crippen LogP contribution in [0.2, 0.25) is 0 Å². The molecule has 7 nitrogen and oxygen atoms in total. The van der Waals surface area contributed by atoms with Crippen LogP contribution < -0.4 is 0 Å². The summed E-state index contributed by atoms with van der Waals surface area (Å²) in [6.07, 6.45) is -9.29. The third-order valence-corrected chi connectivity index (χ3v) is 11.3. The summed E-state index contributed by atoms with van der Waals surface area (Å²) in [5.74, 6) is -1.87. The van der Waals surface area contributed by atoms with E-state index in [1.807, 2.05) is 13.8 Å². The molecule has 0 amide bonds. The van der Waals surface area contributed by atoms with Gasteiger partial charge >= 0.3 is 18.1 Å². The molecular formula is C31H41F5O7. The fourth-order valence-electron chi connectivity index (χ4n) is 8.87. The van der Waals surface area contributed by atoms with Crippen molar-refractivity contribution in [2.24, 2.45) is 46.3 Å². The van der Waals surface area contributed by atoms with Crippen LogP contribution in [0.3, 0.4) is 0 Å². The molecule has 0 heterocycles. The second-order valence-corrected chi connectivity index (χ2v) is 13.6. The summed E-state index contributed by atoms with van der Waals surface area (Å²) < 4.78 is 71.5. The quantitative estimate of drug-likeness (QED) is 0.166. The van der Waals surface area contributed by atoms with Crippen molar-refractivity contribution in [2.75, 3.05) is 6.61 Å². The van der Waals surface area contributed by atoms with E-state index < -0.39 is 42.5 Å². The number of esters is 2. The Morgan fingerprint density at radius 2 is 1.67 bits per heavy atom. The highest BCUT2D eigenvalue weighted by molar-refractivity contribution is 5.93. The van der Waals surface area contributed by atoms with Gasteiger partial charge in [0.05, 0.1) is 6.61 Å². The Morgan fingerprint density at radius 3 is 2.33 bits per heavy atom. The van der Waals surface area contributed by atoms with Gasteiger partial charge in [-0.25, -0.2) is 8.78 Å². The third-order valence-electron chi connectivity index (χ3n) is 11.3. The van der Waals surface area contributed by atoms with Crippen LogP contribution in [-0.2, 0) is 33.4 Å². The average Bonchev–Trinajstić information content (AvgIpc) is 3.27. The largest absolute Gasteiger partial charge is 0.466 e. The Bertz CT molecular complexity index is 1120. The minimum atomic E-state index is -5.39. The van der Waals surface area contributed by atoms with Crippen molar-refractivity contribution in [3.8, 4) is 0 Å². The summed E-state index contributed by atoms with van der Waals surface area (Å²) in [6, 6.07) is 0. The average molecular weight is 621 g/mol. The van der Waals surface area contributed by atoms with Gasteiger partial charge in [-0.2, -0.15) is 13.2 Å². The zero-order valence-electron chi connectivity index (χ0n) is 24.9. The molecule has 0 aromatic heterocycles. The topological polar surface area (TPSA) is 104 Å². The van der Waals surface area contributed by atoms with Gasteiger partial charge in [0.25, 0.3) is 12.5 Å². The van der Waals surface area contributed by atoms with E-state index in [0.29, 0.717) is 38.5 Å². The molecule has 0 N–H and O–H groups in total. The van der Waals surface area contributed by atoms with Crippen LogP contribution in [0.25, 0.3) is 0 Å². The third kappa shape index (κ3) is 6.53. The van der Waals surface area contributed by atoms with Crippen LogP contribution in [0.4, 0.5) is 22.0 Å². The number of ether oxygens (including phenoxy) is 2. The Balaban J connectivity index is 1.28. The second-order valence-electron chi connectivity index (χ2n) is 13.6. The number of rotatable bonds is 10. The van der Waals surface area contributed by atoms with Gasteiger partial charge in [0, 0.05) is 49.9 Å². The zero-order chi connectivity index (χ0) is 31.9. The van der Waals surface area contributed by atoms with E-state index in [1.165, 1.54) is 0 Å². The highest BCUT2D eigenvalue weighted by Crippen LogP contribution is 2.66. The van der Waals surface area contributed by atoms with Crippen LogP contribution in [0.1, 0.15) is 91.4 Å². The van der Waals surface area contributed by atoms with Crippen LogP contribution >= 0.6 is 0 Å². The maximum atomic E-state index is 13.9. The normalized spacial score (nSPS) is 35.6. The molecule has 0 bridgehead atoms. The Morgan fingerprint density at radius 1 is 0.977 bits per heavy atom. The maximum Gasteiger partial charge on any atom is 0.431 e. The molecule has 0 spiro atoms. The molecule has 2 unspecified atom stereocenters. The molecule has 0 aromatic rings. The predicted molar refractivity (Wildman–Crippen MR) is 142 cm³/mol. The van der Waals surface area contributed by atoms with Gasteiger partial charge in [-0.05, 0) is 67.1 Å². The number of hydrogen-bond donors (Lipinski definition) is 0. The summed E-state index contributed by atoms with van der Waals surface area (Å²) in [5.41, 5.74) is -0.878. The number of carbonyl (C=O) groups is 5. The van der Waals surface area contributed by atoms with Gasteiger partial charge in [0.2, 0.25) is 0 Å². The molecule has 43 heavy (non-hydrogen) atoms. The van der Waals surface area contributed by atoms with Crippen molar-refractivity contribution >= 4 is 29.3 Å². The first-order valence-electron chi connectivity index (χ1n) is 15.3. The molecule has 242 valence electrons. The molecule has 4 fully saturated rings. The van der Waals surface area contributed by atoms with Crippen molar-refractivity contribution in [1.82, 2.24) is 0 Å². The highest BCUT2D eigenvalue weighted by Gasteiger charge is 2.66. The summed E-state index contributed by atoms with van der Waals surface area (Å²) in [7, 11) is 0. The van der Waals surface area contributed by atoms with E-state index in [-0.39, 0.29) is 77.7 Å². The van der Waals surface area contributed by atoms with Gasteiger partial charge in [-0.3, -0.25) is 24.0 Å². The number of carbonyl (C=O) groups excluding carboxylic acids is 5. The van der Waals surface area contributed by atoms with Crippen molar-refractivity contribution < 1.29 is 55.4 Å². The summed E-state index contributed by atoms with van der Waals surface area (Å²) in [4.78, 5) is 63.4. The van der Waals surface area contributed by atoms with E-state index in [0.717, 1.165) is 12.8 Å². The Kier molecular flexibility index (Phi) is 9.77. The number of hydrogen-bond acceptors (Lipinski definition) is 7. The number of fused-ring (bicyclic) bond motifs is 5. The molecule has 4 aliphatic carbocycles. The minimum Gasteiger partial charge on any atom is -0.466 e. The molecule has 12 heteroatoms. The standard InChI is InChI=1S/C31H41F5O7/c1-16(6-9-24(40)42-12-4-5-25(41)43-27(28(32)33)31(34,35)36)19-7-8-20-26-21(15-23(39)30(19,20)3)29(2)11-10-18(37)13-17(29)14-22(26)38/h16-17,19-21,26-28H,4-15H2,1-3H3/t16?,17-,19+,20-,21-,26-,27?,29-,30+/m0/s1. The van der Waals surface area contributed by atoms with Crippen molar-refractivity contribution in [3.05, 3.63) is 0 Å². The molecule has 0 saturated heterocycles. The molecule has 4 aliphatic rings. The summed E-state index contributed by atoms with van der Waals surface area (Å²) in [6.45, 7) is 5.83. The van der Waals surface area contributed by atoms with Crippen LogP contribution in [0.5, 0.6) is 0 Å². The van der Waals surface area contributed by atoms with Gasteiger partial charge in [-0.15, -0.1) is 0 Å². The monoisotopic (exact) mass is 620 g/mol. The minimum absolute atomic E-state index is 0.00174. The lowest BCUT2D eigenvalue weighted by molar-refractivity contribution is -0.249. The smallest absolute Gasteiger partial charge is 0.431 e. The number of ketones is 3. The first-order valence-corrected chi connectivity index (χ1v) is 15.3. The van der Waals surface area contributed by atoms with E-state index >= 15 is 0 Å². The molecule has 0 aromatic carbocycles. The zero-order valence-corrected chi connectivity index (χ0v) is 24.9. The summed E-state index contributed by atoms with van der Waals surface area (Å²) >= 11 is 0. The maximum absolute atomic E-state index is 13.9. The highest BCUT2D eigenvalue weighted by atomic mass is 19.4.